The number of aromatic nitrogens is 2. The van der Waals surface area contributed by atoms with Crippen LogP contribution < -0.4 is 14.5 Å². The molecule has 0 spiro atoms. The number of piperidine rings is 1. The first-order valence-corrected chi connectivity index (χ1v) is 9.24. The van der Waals surface area contributed by atoms with Crippen LogP contribution in [-0.4, -0.2) is 42.6 Å². The third-order valence-electron chi connectivity index (χ3n) is 5.40. The number of nitrogens with zero attached hydrogens (tertiary/aromatic N) is 4. The average Bonchev–Trinajstić information content (AvgIpc) is 3.13. The molecular weight excluding hydrogens is 328 g/mol. The summed E-state index contributed by atoms with van der Waals surface area (Å²) in [7, 11) is 1.61. The highest BCUT2D eigenvalue weighted by Crippen LogP contribution is 2.30. The lowest BCUT2D eigenvalue weighted by Crippen LogP contribution is -2.37. The Balaban J connectivity index is 1.32. The summed E-state index contributed by atoms with van der Waals surface area (Å²) in [6, 6.07) is 8.24. The molecule has 2 aliphatic heterocycles. The van der Waals surface area contributed by atoms with Crippen LogP contribution in [0, 0.1) is 5.92 Å². The van der Waals surface area contributed by atoms with Crippen LogP contribution in [0.3, 0.4) is 0 Å². The standard InChI is InChI=1S/C20H24N4O2/c1-26-17-13-21-20(22-14-17)23-9-6-15(7-10-23)12-19(25)24-11-8-16-4-2-3-5-18(16)24/h2-5,13-15H,6-12H2,1H3. The second kappa shape index (κ2) is 7.32. The molecule has 0 N–H and O–H groups in total. The fourth-order valence-corrected chi connectivity index (χ4v) is 3.87. The Bertz CT molecular complexity index is 770. The Kier molecular flexibility index (Phi) is 4.73. The zero-order valence-corrected chi connectivity index (χ0v) is 15.1. The fraction of sp³-hybridized carbons (Fsp3) is 0.450. The lowest BCUT2D eigenvalue weighted by molar-refractivity contribution is -0.119. The highest BCUT2D eigenvalue weighted by atomic mass is 16.5. The van der Waals surface area contributed by atoms with E-state index in [-0.39, 0.29) is 5.91 Å². The van der Waals surface area contributed by atoms with Gasteiger partial charge in [-0.25, -0.2) is 9.97 Å². The molecule has 136 valence electrons. The molecule has 0 atom stereocenters. The maximum Gasteiger partial charge on any atom is 0.227 e. The van der Waals surface area contributed by atoms with Gasteiger partial charge in [-0.3, -0.25) is 4.79 Å². The Morgan fingerprint density at radius 2 is 1.88 bits per heavy atom. The van der Waals surface area contributed by atoms with Gasteiger partial charge in [0.2, 0.25) is 11.9 Å². The van der Waals surface area contributed by atoms with Gasteiger partial charge in [0.15, 0.2) is 5.75 Å². The minimum Gasteiger partial charge on any atom is -0.494 e. The maximum atomic E-state index is 12.8. The molecule has 0 aliphatic carbocycles. The van der Waals surface area contributed by atoms with Gasteiger partial charge < -0.3 is 14.5 Å². The van der Waals surface area contributed by atoms with Crippen molar-refractivity contribution >= 4 is 17.5 Å². The molecule has 1 aromatic heterocycles. The number of methoxy groups -OCH3 is 1. The molecule has 2 aromatic rings. The summed E-state index contributed by atoms with van der Waals surface area (Å²) < 4.78 is 5.11. The molecule has 2 aliphatic rings. The molecule has 1 aromatic carbocycles. The highest BCUT2D eigenvalue weighted by Gasteiger charge is 2.28. The molecule has 1 amide bonds. The van der Waals surface area contributed by atoms with Crippen molar-refractivity contribution in [1.82, 2.24) is 9.97 Å². The van der Waals surface area contributed by atoms with Crippen molar-refractivity contribution in [2.45, 2.75) is 25.7 Å². The summed E-state index contributed by atoms with van der Waals surface area (Å²) >= 11 is 0. The molecule has 26 heavy (non-hydrogen) atoms. The quantitative estimate of drug-likeness (QED) is 0.847. The van der Waals surface area contributed by atoms with Crippen LogP contribution in [0.1, 0.15) is 24.8 Å². The van der Waals surface area contributed by atoms with E-state index in [1.165, 1.54) is 5.56 Å². The molecule has 0 saturated carbocycles. The predicted molar refractivity (Wildman–Crippen MR) is 101 cm³/mol. The van der Waals surface area contributed by atoms with E-state index in [1.54, 1.807) is 19.5 Å². The number of fused-ring (bicyclic) bond motifs is 1. The number of hydrogen-bond donors (Lipinski definition) is 0. The Morgan fingerprint density at radius 3 is 2.62 bits per heavy atom. The van der Waals surface area contributed by atoms with E-state index in [9.17, 15) is 4.79 Å². The third-order valence-corrected chi connectivity index (χ3v) is 5.40. The van der Waals surface area contributed by atoms with Crippen molar-refractivity contribution in [2.24, 2.45) is 5.92 Å². The van der Waals surface area contributed by atoms with Crippen molar-refractivity contribution in [3.05, 3.63) is 42.2 Å². The average molecular weight is 352 g/mol. The van der Waals surface area contributed by atoms with Gasteiger partial charge in [0.1, 0.15) is 0 Å². The van der Waals surface area contributed by atoms with Crippen LogP contribution in [0.5, 0.6) is 5.75 Å². The molecule has 6 nitrogen and oxygen atoms in total. The van der Waals surface area contributed by atoms with Gasteiger partial charge in [0.25, 0.3) is 0 Å². The lowest BCUT2D eigenvalue weighted by Gasteiger charge is -2.32. The van der Waals surface area contributed by atoms with E-state index < -0.39 is 0 Å². The van der Waals surface area contributed by atoms with Crippen molar-refractivity contribution in [1.29, 1.82) is 0 Å². The molecule has 3 heterocycles. The molecule has 0 radical (unpaired) electrons. The summed E-state index contributed by atoms with van der Waals surface area (Å²) in [6.45, 7) is 2.60. The number of hydrogen-bond acceptors (Lipinski definition) is 5. The van der Waals surface area contributed by atoms with Crippen LogP contribution in [-0.2, 0) is 11.2 Å². The van der Waals surface area contributed by atoms with Crippen molar-refractivity contribution in [2.75, 3.05) is 36.5 Å². The fourth-order valence-electron chi connectivity index (χ4n) is 3.87. The Labute approximate surface area is 153 Å². The number of carbonyl (C=O) groups is 1. The monoisotopic (exact) mass is 352 g/mol. The SMILES string of the molecule is COc1cnc(N2CCC(CC(=O)N3CCc4ccccc43)CC2)nc1. The number of rotatable bonds is 4. The highest BCUT2D eigenvalue weighted by molar-refractivity contribution is 5.95. The normalized spacial score (nSPS) is 17.3. The first kappa shape index (κ1) is 16.8. The summed E-state index contributed by atoms with van der Waals surface area (Å²) in [5.74, 6) is 2.10. The third kappa shape index (κ3) is 3.36. The number of ether oxygens (including phenoxy) is 1. The van der Waals surface area contributed by atoms with Crippen molar-refractivity contribution in [3.8, 4) is 5.75 Å². The van der Waals surface area contributed by atoms with E-state index in [1.807, 2.05) is 17.0 Å². The number of carbonyl (C=O) groups excluding carboxylic acids is 1. The van der Waals surface area contributed by atoms with Gasteiger partial charge in [-0.1, -0.05) is 18.2 Å². The summed E-state index contributed by atoms with van der Waals surface area (Å²) in [5.41, 5.74) is 2.38. The number of para-hydroxylation sites is 1. The molecule has 0 bridgehead atoms. The smallest absolute Gasteiger partial charge is 0.227 e. The first-order chi connectivity index (χ1) is 12.7. The first-order valence-electron chi connectivity index (χ1n) is 9.24. The Hall–Kier alpha value is -2.63. The van der Waals surface area contributed by atoms with Crippen LogP contribution in [0.2, 0.25) is 0 Å². The van der Waals surface area contributed by atoms with Crippen molar-refractivity contribution < 1.29 is 9.53 Å². The Morgan fingerprint density at radius 1 is 1.15 bits per heavy atom. The number of amides is 1. The van der Waals surface area contributed by atoms with Gasteiger partial charge in [-0.05, 0) is 36.8 Å². The zero-order chi connectivity index (χ0) is 17.9. The van der Waals surface area contributed by atoms with Gasteiger partial charge in [0, 0.05) is 31.7 Å². The van der Waals surface area contributed by atoms with E-state index in [0.29, 0.717) is 18.1 Å². The van der Waals surface area contributed by atoms with E-state index in [4.69, 9.17) is 4.74 Å². The molecule has 4 rings (SSSR count). The van der Waals surface area contributed by atoms with Crippen LogP contribution in [0.15, 0.2) is 36.7 Å². The number of anilines is 2. The predicted octanol–water partition coefficient (Wildman–Crippen LogP) is 2.68. The van der Waals surface area contributed by atoms with Crippen LogP contribution >= 0.6 is 0 Å². The second-order valence-electron chi connectivity index (χ2n) is 6.98. The molecular formula is C20H24N4O2. The summed E-state index contributed by atoms with van der Waals surface area (Å²) in [4.78, 5) is 25.6. The van der Waals surface area contributed by atoms with Gasteiger partial charge in [-0.2, -0.15) is 0 Å². The van der Waals surface area contributed by atoms with Gasteiger partial charge in [-0.15, -0.1) is 0 Å². The van der Waals surface area contributed by atoms with Gasteiger partial charge >= 0.3 is 0 Å². The molecule has 0 unspecified atom stereocenters. The summed E-state index contributed by atoms with van der Waals surface area (Å²) in [5, 5.41) is 0. The zero-order valence-electron chi connectivity index (χ0n) is 15.1. The van der Waals surface area contributed by atoms with Crippen LogP contribution in [0.25, 0.3) is 0 Å². The van der Waals surface area contributed by atoms with E-state index >= 15 is 0 Å². The largest absolute Gasteiger partial charge is 0.494 e. The minimum atomic E-state index is 0.258. The minimum absolute atomic E-state index is 0.258. The van der Waals surface area contributed by atoms with Crippen LogP contribution in [0.4, 0.5) is 11.6 Å². The number of benzene rings is 1. The molecule has 1 saturated heterocycles. The summed E-state index contributed by atoms with van der Waals surface area (Å²) in [6.07, 6.45) is 6.99. The van der Waals surface area contributed by atoms with Crippen molar-refractivity contribution in [3.63, 3.8) is 0 Å². The molecule has 6 heteroatoms. The maximum absolute atomic E-state index is 12.8. The van der Waals surface area contributed by atoms with Gasteiger partial charge in [0.05, 0.1) is 19.5 Å². The topological polar surface area (TPSA) is 58.6 Å². The molecule has 1 fully saturated rings. The second-order valence-corrected chi connectivity index (χ2v) is 6.98. The van der Waals surface area contributed by atoms with E-state index in [0.717, 1.165) is 50.5 Å². The van der Waals surface area contributed by atoms with E-state index in [2.05, 4.69) is 27.0 Å². The lowest BCUT2D eigenvalue weighted by atomic mass is 9.93.